The minimum atomic E-state index is -0.0278. The summed E-state index contributed by atoms with van der Waals surface area (Å²) < 4.78 is 5.28. The fraction of sp³-hybridized carbons (Fsp3) is 0.750. The Kier molecular flexibility index (Phi) is 4.32. The van der Waals surface area contributed by atoms with Crippen molar-refractivity contribution in [2.45, 2.75) is 32.9 Å². The van der Waals surface area contributed by atoms with Gasteiger partial charge in [0.2, 0.25) is 0 Å². The zero-order valence-electron chi connectivity index (χ0n) is 7.05. The van der Waals surface area contributed by atoms with Crippen LogP contribution in [-0.4, -0.2) is 18.8 Å². The Morgan fingerprint density at radius 2 is 2.20 bits per heavy atom. The average molecular weight is 143 g/mol. The summed E-state index contributed by atoms with van der Waals surface area (Å²) in [6.07, 6.45) is 0.0856. The highest BCUT2D eigenvalue weighted by Gasteiger charge is 2.11. The molecule has 0 heterocycles. The van der Waals surface area contributed by atoms with Crippen molar-refractivity contribution in [1.29, 1.82) is 0 Å². The Bertz CT molecular complexity index is 112. The number of hydrogen-bond donors (Lipinski definition) is 1. The second-order valence-corrected chi connectivity index (χ2v) is 2.53. The van der Waals surface area contributed by atoms with Gasteiger partial charge in [-0.15, -0.1) is 0 Å². The van der Waals surface area contributed by atoms with Crippen LogP contribution < -0.4 is 5.73 Å². The molecule has 2 heteroatoms. The highest BCUT2D eigenvalue weighted by Crippen LogP contribution is 2.03. The van der Waals surface area contributed by atoms with Gasteiger partial charge >= 0.3 is 0 Å². The predicted octanol–water partition coefficient (Wildman–Crippen LogP) is 1.31. The van der Waals surface area contributed by atoms with Crippen molar-refractivity contribution in [1.82, 2.24) is 0 Å². The highest BCUT2D eigenvalue weighted by molar-refractivity contribution is 5.02. The molecule has 0 aliphatic carbocycles. The van der Waals surface area contributed by atoms with Gasteiger partial charge in [-0.05, 0) is 20.8 Å². The van der Waals surface area contributed by atoms with Crippen LogP contribution in [0, 0.1) is 0 Å². The molecule has 2 unspecified atom stereocenters. The fourth-order valence-electron chi connectivity index (χ4n) is 0.767. The molecule has 2 atom stereocenters. The molecular formula is C8H17NO. The molecule has 0 bridgehead atoms. The zero-order valence-corrected chi connectivity index (χ0v) is 7.05. The summed E-state index contributed by atoms with van der Waals surface area (Å²) >= 11 is 0. The molecule has 0 aliphatic rings. The topological polar surface area (TPSA) is 35.2 Å². The maximum absolute atomic E-state index is 5.72. The van der Waals surface area contributed by atoms with Gasteiger partial charge in [-0.2, -0.15) is 0 Å². The van der Waals surface area contributed by atoms with Crippen LogP contribution in [0.4, 0.5) is 0 Å². The Labute approximate surface area is 63.1 Å². The number of ether oxygens (including phenoxy) is 1. The summed E-state index contributed by atoms with van der Waals surface area (Å²) in [6.45, 7) is 10.3. The van der Waals surface area contributed by atoms with Crippen LogP contribution in [-0.2, 0) is 4.74 Å². The Balaban J connectivity index is 3.69. The van der Waals surface area contributed by atoms with Crippen molar-refractivity contribution < 1.29 is 4.74 Å². The lowest BCUT2D eigenvalue weighted by molar-refractivity contribution is 0.0656. The van der Waals surface area contributed by atoms with Gasteiger partial charge in [0.15, 0.2) is 0 Å². The second kappa shape index (κ2) is 4.47. The van der Waals surface area contributed by atoms with Crippen LogP contribution in [0.25, 0.3) is 0 Å². The van der Waals surface area contributed by atoms with E-state index in [0.717, 1.165) is 5.57 Å². The molecule has 0 radical (unpaired) electrons. The Morgan fingerprint density at radius 3 is 2.50 bits per heavy atom. The lowest BCUT2D eigenvalue weighted by atomic mass is 10.1. The molecule has 0 aliphatic heterocycles. The summed E-state index contributed by atoms with van der Waals surface area (Å²) in [5.41, 5.74) is 6.69. The van der Waals surface area contributed by atoms with Crippen molar-refractivity contribution in [3.63, 3.8) is 0 Å². The van der Waals surface area contributed by atoms with Crippen LogP contribution in [0.3, 0.4) is 0 Å². The maximum atomic E-state index is 5.72. The van der Waals surface area contributed by atoms with Crippen LogP contribution in [0.1, 0.15) is 20.8 Å². The van der Waals surface area contributed by atoms with Crippen molar-refractivity contribution in [3.8, 4) is 0 Å². The van der Waals surface area contributed by atoms with Gasteiger partial charge in [-0.1, -0.05) is 12.2 Å². The molecule has 10 heavy (non-hydrogen) atoms. The SMILES string of the molecule is C=C(C)C(N)C(C)OCC. The van der Waals surface area contributed by atoms with E-state index in [1.165, 1.54) is 0 Å². The molecule has 2 N–H and O–H groups in total. The van der Waals surface area contributed by atoms with Gasteiger partial charge in [0.1, 0.15) is 0 Å². The number of nitrogens with two attached hydrogens (primary N) is 1. The fourth-order valence-corrected chi connectivity index (χ4v) is 0.767. The molecule has 0 aromatic heterocycles. The van der Waals surface area contributed by atoms with Crippen molar-refractivity contribution >= 4 is 0 Å². The average Bonchev–Trinajstić information content (AvgIpc) is 1.87. The Hall–Kier alpha value is -0.340. The Morgan fingerprint density at radius 1 is 1.70 bits per heavy atom. The van der Waals surface area contributed by atoms with E-state index in [9.17, 15) is 0 Å². The van der Waals surface area contributed by atoms with E-state index in [4.69, 9.17) is 10.5 Å². The first-order valence-electron chi connectivity index (χ1n) is 3.62. The molecule has 0 saturated carbocycles. The molecular weight excluding hydrogens is 126 g/mol. The van der Waals surface area contributed by atoms with E-state index in [-0.39, 0.29) is 12.1 Å². The van der Waals surface area contributed by atoms with E-state index in [1.807, 2.05) is 20.8 Å². The first-order valence-corrected chi connectivity index (χ1v) is 3.62. The quantitative estimate of drug-likeness (QED) is 0.602. The molecule has 0 rings (SSSR count). The molecule has 0 amide bonds. The van der Waals surface area contributed by atoms with Crippen LogP contribution in [0.5, 0.6) is 0 Å². The largest absolute Gasteiger partial charge is 0.377 e. The smallest absolute Gasteiger partial charge is 0.0735 e. The molecule has 2 nitrogen and oxygen atoms in total. The minimum absolute atomic E-state index is 0.0278. The van der Waals surface area contributed by atoms with Crippen LogP contribution >= 0.6 is 0 Å². The maximum Gasteiger partial charge on any atom is 0.0735 e. The van der Waals surface area contributed by atoms with Crippen LogP contribution in [0.2, 0.25) is 0 Å². The number of hydrogen-bond acceptors (Lipinski definition) is 2. The normalized spacial score (nSPS) is 16.4. The van der Waals surface area contributed by atoms with Gasteiger partial charge in [0.05, 0.1) is 12.1 Å². The van der Waals surface area contributed by atoms with Gasteiger partial charge in [0, 0.05) is 6.61 Å². The third-order valence-corrected chi connectivity index (χ3v) is 1.50. The van der Waals surface area contributed by atoms with Crippen LogP contribution in [0.15, 0.2) is 12.2 Å². The summed E-state index contributed by atoms with van der Waals surface area (Å²) in [7, 11) is 0. The third kappa shape index (κ3) is 2.99. The monoisotopic (exact) mass is 143 g/mol. The third-order valence-electron chi connectivity index (χ3n) is 1.50. The van der Waals surface area contributed by atoms with Gasteiger partial charge < -0.3 is 10.5 Å². The summed E-state index contributed by atoms with van der Waals surface area (Å²) in [4.78, 5) is 0. The summed E-state index contributed by atoms with van der Waals surface area (Å²) in [5.74, 6) is 0. The molecule has 0 fully saturated rings. The first-order chi connectivity index (χ1) is 4.59. The zero-order chi connectivity index (χ0) is 8.15. The molecule has 0 aromatic carbocycles. The summed E-state index contributed by atoms with van der Waals surface area (Å²) in [5, 5.41) is 0. The van der Waals surface area contributed by atoms with E-state index in [0.29, 0.717) is 6.61 Å². The molecule has 0 spiro atoms. The van der Waals surface area contributed by atoms with Gasteiger partial charge in [0.25, 0.3) is 0 Å². The van der Waals surface area contributed by atoms with E-state index >= 15 is 0 Å². The number of rotatable bonds is 4. The van der Waals surface area contributed by atoms with E-state index < -0.39 is 0 Å². The molecule has 60 valence electrons. The lowest BCUT2D eigenvalue weighted by Gasteiger charge is -2.19. The highest BCUT2D eigenvalue weighted by atomic mass is 16.5. The van der Waals surface area contributed by atoms with Gasteiger partial charge in [-0.25, -0.2) is 0 Å². The van der Waals surface area contributed by atoms with Crippen molar-refractivity contribution in [3.05, 3.63) is 12.2 Å². The van der Waals surface area contributed by atoms with Gasteiger partial charge in [-0.3, -0.25) is 0 Å². The van der Waals surface area contributed by atoms with E-state index in [1.54, 1.807) is 0 Å². The standard InChI is InChI=1S/C8H17NO/c1-5-10-7(4)8(9)6(2)3/h7-8H,2,5,9H2,1,3-4H3. The minimum Gasteiger partial charge on any atom is -0.377 e. The second-order valence-electron chi connectivity index (χ2n) is 2.53. The molecule has 0 saturated heterocycles. The first kappa shape index (κ1) is 9.66. The summed E-state index contributed by atoms with van der Waals surface area (Å²) in [6, 6.07) is -0.0278. The lowest BCUT2D eigenvalue weighted by Crippen LogP contribution is -2.35. The van der Waals surface area contributed by atoms with Crippen molar-refractivity contribution in [2.75, 3.05) is 6.61 Å². The van der Waals surface area contributed by atoms with Crippen molar-refractivity contribution in [2.24, 2.45) is 5.73 Å². The predicted molar refractivity (Wildman–Crippen MR) is 43.9 cm³/mol. The molecule has 0 aromatic rings. The van der Waals surface area contributed by atoms with E-state index in [2.05, 4.69) is 6.58 Å².